The third kappa shape index (κ3) is 3.76. The Morgan fingerprint density at radius 3 is 2.57 bits per heavy atom. The summed E-state index contributed by atoms with van der Waals surface area (Å²) in [6.45, 7) is 6.58. The number of hydrogen-bond donors (Lipinski definition) is 1. The van der Waals surface area contributed by atoms with Gasteiger partial charge in [-0.3, -0.25) is 4.79 Å². The van der Waals surface area contributed by atoms with Crippen molar-refractivity contribution < 1.29 is 9.53 Å². The Balaban J connectivity index is 2.05. The smallest absolute Gasteiger partial charge is 0.227 e. The van der Waals surface area contributed by atoms with Crippen molar-refractivity contribution in [3.8, 4) is 5.75 Å². The van der Waals surface area contributed by atoms with Gasteiger partial charge in [0.25, 0.3) is 0 Å². The molecule has 1 aliphatic rings. The summed E-state index contributed by atoms with van der Waals surface area (Å²) in [5.74, 6) is 1.31. The van der Waals surface area contributed by atoms with Gasteiger partial charge in [-0.1, -0.05) is 12.1 Å². The van der Waals surface area contributed by atoms with E-state index in [1.807, 2.05) is 25.8 Å². The summed E-state index contributed by atoms with van der Waals surface area (Å²) in [4.78, 5) is 14.3. The lowest BCUT2D eigenvalue weighted by atomic mass is 9.98. The number of methoxy groups -OCH3 is 1. The SMILES string of the molecule is COc1c(C)cc(CN(C)C(=O)C2CCCNC2)cc1C. The predicted octanol–water partition coefficient (Wildman–Crippen LogP) is 2.27. The summed E-state index contributed by atoms with van der Waals surface area (Å²) < 4.78 is 5.39. The number of ether oxygens (including phenoxy) is 1. The first-order valence-corrected chi connectivity index (χ1v) is 7.62. The predicted molar refractivity (Wildman–Crippen MR) is 84.5 cm³/mol. The van der Waals surface area contributed by atoms with Gasteiger partial charge in [0.15, 0.2) is 0 Å². The number of piperidine rings is 1. The van der Waals surface area contributed by atoms with Gasteiger partial charge in [0.2, 0.25) is 5.91 Å². The monoisotopic (exact) mass is 290 g/mol. The topological polar surface area (TPSA) is 41.6 Å². The van der Waals surface area contributed by atoms with Gasteiger partial charge in [-0.15, -0.1) is 0 Å². The van der Waals surface area contributed by atoms with Crippen LogP contribution in [-0.2, 0) is 11.3 Å². The first-order chi connectivity index (χ1) is 10.0. The van der Waals surface area contributed by atoms with E-state index in [9.17, 15) is 4.79 Å². The highest BCUT2D eigenvalue weighted by atomic mass is 16.5. The van der Waals surface area contributed by atoms with Crippen LogP contribution < -0.4 is 10.1 Å². The van der Waals surface area contributed by atoms with E-state index in [2.05, 4.69) is 17.4 Å². The van der Waals surface area contributed by atoms with Gasteiger partial charge in [0.05, 0.1) is 13.0 Å². The van der Waals surface area contributed by atoms with Crippen molar-refractivity contribution in [2.24, 2.45) is 5.92 Å². The second kappa shape index (κ2) is 6.94. The molecule has 4 heteroatoms. The summed E-state index contributed by atoms with van der Waals surface area (Å²) in [5, 5.41) is 3.30. The van der Waals surface area contributed by atoms with E-state index in [-0.39, 0.29) is 11.8 Å². The maximum absolute atomic E-state index is 12.5. The average molecular weight is 290 g/mol. The zero-order valence-electron chi connectivity index (χ0n) is 13.5. The Kier molecular flexibility index (Phi) is 5.23. The van der Waals surface area contributed by atoms with Crippen molar-refractivity contribution in [2.75, 3.05) is 27.2 Å². The van der Waals surface area contributed by atoms with Gasteiger partial charge in [0.1, 0.15) is 5.75 Å². The third-order valence-electron chi connectivity index (χ3n) is 4.17. The normalized spacial score (nSPS) is 18.4. The highest BCUT2D eigenvalue weighted by Crippen LogP contribution is 2.25. The van der Waals surface area contributed by atoms with E-state index in [1.165, 1.54) is 0 Å². The molecule has 21 heavy (non-hydrogen) atoms. The number of nitrogens with zero attached hydrogens (tertiary/aromatic N) is 1. The van der Waals surface area contributed by atoms with Crippen LogP contribution in [0.3, 0.4) is 0 Å². The van der Waals surface area contributed by atoms with Gasteiger partial charge < -0.3 is 15.0 Å². The Labute approximate surface area is 127 Å². The van der Waals surface area contributed by atoms with E-state index in [1.54, 1.807) is 7.11 Å². The molecule has 1 atom stereocenters. The maximum atomic E-state index is 12.5. The van der Waals surface area contributed by atoms with Crippen molar-refractivity contribution in [1.82, 2.24) is 10.2 Å². The number of carbonyl (C=O) groups excluding carboxylic acids is 1. The second-order valence-corrected chi connectivity index (χ2v) is 6.00. The summed E-state index contributed by atoms with van der Waals surface area (Å²) in [5.41, 5.74) is 3.39. The molecule has 0 saturated carbocycles. The van der Waals surface area contributed by atoms with Crippen LogP contribution in [0.15, 0.2) is 12.1 Å². The minimum absolute atomic E-state index is 0.129. The molecule has 1 unspecified atom stereocenters. The Morgan fingerprint density at radius 2 is 2.05 bits per heavy atom. The molecule has 1 aromatic rings. The highest BCUT2D eigenvalue weighted by Gasteiger charge is 2.24. The van der Waals surface area contributed by atoms with Crippen LogP contribution in [0, 0.1) is 19.8 Å². The largest absolute Gasteiger partial charge is 0.496 e. The number of benzene rings is 1. The molecule has 4 nitrogen and oxygen atoms in total. The van der Waals surface area contributed by atoms with E-state index >= 15 is 0 Å². The molecule has 1 aromatic carbocycles. The Morgan fingerprint density at radius 1 is 1.38 bits per heavy atom. The fourth-order valence-electron chi connectivity index (χ4n) is 3.18. The Hall–Kier alpha value is -1.55. The molecule has 1 fully saturated rings. The van der Waals surface area contributed by atoms with Crippen LogP contribution in [0.4, 0.5) is 0 Å². The number of hydrogen-bond acceptors (Lipinski definition) is 3. The molecule has 116 valence electrons. The van der Waals surface area contributed by atoms with E-state index < -0.39 is 0 Å². The zero-order chi connectivity index (χ0) is 15.4. The molecule has 2 rings (SSSR count). The average Bonchev–Trinajstić information content (AvgIpc) is 2.47. The molecule has 0 aromatic heterocycles. The zero-order valence-corrected chi connectivity index (χ0v) is 13.5. The molecule has 0 radical (unpaired) electrons. The minimum Gasteiger partial charge on any atom is -0.496 e. The molecule has 0 spiro atoms. The quantitative estimate of drug-likeness (QED) is 0.925. The first kappa shape index (κ1) is 15.8. The lowest BCUT2D eigenvalue weighted by molar-refractivity contribution is -0.135. The molecule has 1 N–H and O–H groups in total. The summed E-state index contributed by atoms with van der Waals surface area (Å²) in [6.07, 6.45) is 2.09. The fourth-order valence-corrected chi connectivity index (χ4v) is 3.18. The maximum Gasteiger partial charge on any atom is 0.227 e. The molecule has 1 amide bonds. The van der Waals surface area contributed by atoms with Crippen LogP contribution in [0.1, 0.15) is 29.5 Å². The molecule has 1 aliphatic heterocycles. The van der Waals surface area contributed by atoms with Crippen LogP contribution in [-0.4, -0.2) is 38.1 Å². The summed E-state index contributed by atoms with van der Waals surface area (Å²) >= 11 is 0. The second-order valence-electron chi connectivity index (χ2n) is 6.00. The van der Waals surface area contributed by atoms with E-state index in [0.717, 1.165) is 48.4 Å². The van der Waals surface area contributed by atoms with E-state index in [0.29, 0.717) is 6.54 Å². The van der Waals surface area contributed by atoms with Gasteiger partial charge in [-0.05, 0) is 49.9 Å². The number of aryl methyl sites for hydroxylation is 2. The van der Waals surface area contributed by atoms with Crippen molar-refractivity contribution in [1.29, 1.82) is 0 Å². The summed E-state index contributed by atoms with van der Waals surface area (Å²) in [6, 6.07) is 4.21. The van der Waals surface area contributed by atoms with E-state index in [4.69, 9.17) is 4.74 Å². The van der Waals surface area contributed by atoms with Gasteiger partial charge in [0, 0.05) is 20.1 Å². The van der Waals surface area contributed by atoms with Crippen LogP contribution in [0.2, 0.25) is 0 Å². The number of nitrogens with one attached hydrogen (secondary N) is 1. The lowest BCUT2D eigenvalue weighted by Gasteiger charge is -2.27. The number of carbonyl (C=O) groups is 1. The van der Waals surface area contributed by atoms with Gasteiger partial charge in [-0.25, -0.2) is 0 Å². The lowest BCUT2D eigenvalue weighted by Crippen LogP contribution is -2.41. The van der Waals surface area contributed by atoms with Crippen LogP contribution in [0.5, 0.6) is 5.75 Å². The van der Waals surface area contributed by atoms with Crippen molar-refractivity contribution in [3.05, 3.63) is 28.8 Å². The Bertz CT molecular complexity index is 485. The first-order valence-electron chi connectivity index (χ1n) is 7.62. The molecule has 0 aliphatic carbocycles. The minimum atomic E-state index is 0.129. The summed E-state index contributed by atoms with van der Waals surface area (Å²) in [7, 11) is 3.59. The van der Waals surface area contributed by atoms with Gasteiger partial charge in [-0.2, -0.15) is 0 Å². The third-order valence-corrected chi connectivity index (χ3v) is 4.17. The van der Waals surface area contributed by atoms with Crippen LogP contribution in [0.25, 0.3) is 0 Å². The van der Waals surface area contributed by atoms with Gasteiger partial charge >= 0.3 is 0 Å². The number of amides is 1. The van der Waals surface area contributed by atoms with Crippen LogP contribution >= 0.6 is 0 Å². The van der Waals surface area contributed by atoms with Crippen molar-refractivity contribution >= 4 is 5.91 Å². The van der Waals surface area contributed by atoms with Crippen molar-refractivity contribution in [3.63, 3.8) is 0 Å². The highest BCUT2D eigenvalue weighted by molar-refractivity contribution is 5.79. The standard InChI is InChI=1S/C17H26N2O2/c1-12-8-14(9-13(2)16(12)21-4)11-19(3)17(20)15-6-5-7-18-10-15/h8-9,15,18H,5-7,10-11H2,1-4H3. The molecule has 1 heterocycles. The molecular weight excluding hydrogens is 264 g/mol. The molecule has 0 bridgehead atoms. The molecular formula is C17H26N2O2. The fraction of sp³-hybridized carbons (Fsp3) is 0.588. The molecule has 1 saturated heterocycles. The number of rotatable bonds is 4. The van der Waals surface area contributed by atoms with Crippen molar-refractivity contribution in [2.45, 2.75) is 33.2 Å².